The van der Waals surface area contributed by atoms with Crippen LogP contribution in [0.15, 0.2) is 0 Å². The van der Waals surface area contributed by atoms with Crippen molar-refractivity contribution >= 4 is 0 Å². The van der Waals surface area contributed by atoms with E-state index in [0.717, 1.165) is 12.0 Å². The molecule has 0 amide bonds. The topological polar surface area (TPSA) is 6.48 Å². The van der Waals surface area contributed by atoms with Gasteiger partial charge in [0.15, 0.2) is 0 Å². The lowest BCUT2D eigenvalue weighted by atomic mass is 9.99. The van der Waals surface area contributed by atoms with Gasteiger partial charge in [0, 0.05) is 31.7 Å². The Hall–Kier alpha value is -0.0800. The maximum atomic E-state index is 2.59. The molecular formula is C11H24N2. The number of piperazine rings is 1. The molecule has 1 heterocycles. The van der Waals surface area contributed by atoms with Crippen LogP contribution in [-0.2, 0) is 0 Å². The van der Waals surface area contributed by atoms with Crippen LogP contribution in [0.3, 0.4) is 0 Å². The molecule has 2 nitrogen and oxygen atoms in total. The van der Waals surface area contributed by atoms with Crippen LogP contribution in [-0.4, -0.2) is 48.6 Å². The van der Waals surface area contributed by atoms with Gasteiger partial charge >= 0.3 is 0 Å². The number of rotatable bonds is 2. The van der Waals surface area contributed by atoms with Gasteiger partial charge in [-0.25, -0.2) is 0 Å². The number of likely N-dealkylation sites (N-methyl/N-ethyl adjacent to an activating group) is 1. The molecule has 0 aromatic carbocycles. The van der Waals surface area contributed by atoms with Gasteiger partial charge in [-0.1, -0.05) is 13.8 Å². The summed E-state index contributed by atoms with van der Waals surface area (Å²) >= 11 is 0. The third kappa shape index (κ3) is 2.68. The molecule has 1 aliphatic heterocycles. The smallest absolute Gasteiger partial charge is 0.0243 e. The van der Waals surface area contributed by atoms with Crippen LogP contribution in [0.2, 0.25) is 0 Å². The first-order chi connectivity index (χ1) is 6.02. The monoisotopic (exact) mass is 184 g/mol. The van der Waals surface area contributed by atoms with Crippen molar-refractivity contribution in [1.82, 2.24) is 9.80 Å². The molecule has 0 bridgehead atoms. The fourth-order valence-electron chi connectivity index (χ4n) is 2.11. The Morgan fingerprint density at radius 1 is 1.08 bits per heavy atom. The van der Waals surface area contributed by atoms with Crippen LogP contribution >= 0.6 is 0 Å². The highest BCUT2D eigenvalue weighted by molar-refractivity contribution is 4.83. The van der Waals surface area contributed by atoms with Crippen molar-refractivity contribution in [1.29, 1.82) is 0 Å². The second-order valence-electron chi connectivity index (χ2n) is 4.88. The Labute approximate surface area is 82.9 Å². The van der Waals surface area contributed by atoms with E-state index in [2.05, 4.69) is 44.5 Å². The summed E-state index contributed by atoms with van der Waals surface area (Å²) in [4.78, 5) is 5.09. The van der Waals surface area contributed by atoms with E-state index >= 15 is 0 Å². The van der Waals surface area contributed by atoms with Gasteiger partial charge < -0.3 is 4.90 Å². The van der Waals surface area contributed by atoms with Crippen molar-refractivity contribution in [3.63, 3.8) is 0 Å². The largest absolute Gasteiger partial charge is 0.301 e. The average molecular weight is 184 g/mol. The van der Waals surface area contributed by atoms with Gasteiger partial charge in [0.1, 0.15) is 0 Å². The summed E-state index contributed by atoms with van der Waals surface area (Å²) in [5, 5.41) is 0. The van der Waals surface area contributed by atoms with Crippen LogP contribution in [0.5, 0.6) is 0 Å². The summed E-state index contributed by atoms with van der Waals surface area (Å²) in [7, 11) is 2.25. The minimum atomic E-state index is 0.704. The van der Waals surface area contributed by atoms with Crippen LogP contribution in [0.25, 0.3) is 0 Å². The Morgan fingerprint density at radius 2 is 1.69 bits per heavy atom. The highest BCUT2D eigenvalue weighted by atomic mass is 15.3. The summed E-state index contributed by atoms with van der Waals surface area (Å²) in [5.74, 6) is 0.770. The lowest BCUT2D eigenvalue weighted by Gasteiger charge is -2.43. The minimum absolute atomic E-state index is 0.704. The molecule has 1 aliphatic rings. The molecule has 0 aromatic heterocycles. The van der Waals surface area contributed by atoms with Gasteiger partial charge in [-0.3, -0.25) is 4.90 Å². The van der Waals surface area contributed by atoms with E-state index in [9.17, 15) is 0 Å². The van der Waals surface area contributed by atoms with Crippen molar-refractivity contribution in [2.45, 2.75) is 39.8 Å². The van der Waals surface area contributed by atoms with Gasteiger partial charge in [0.05, 0.1) is 0 Å². The third-order valence-electron chi connectivity index (χ3n) is 3.23. The predicted molar refractivity (Wildman–Crippen MR) is 58.0 cm³/mol. The Bertz CT molecular complexity index is 154. The molecule has 1 fully saturated rings. The quantitative estimate of drug-likeness (QED) is 0.644. The molecule has 13 heavy (non-hydrogen) atoms. The Kier molecular flexibility index (Phi) is 3.74. The average Bonchev–Trinajstić information content (AvgIpc) is 2.04. The molecule has 0 spiro atoms. The number of hydrogen-bond acceptors (Lipinski definition) is 2. The van der Waals surface area contributed by atoms with E-state index in [1.807, 2.05) is 0 Å². The molecular weight excluding hydrogens is 160 g/mol. The second kappa shape index (κ2) is 4.43. The molecule has 0 aromatic rings. The molecule has 0 aliphatic carbocycles. The minimum Gasteiger partial charge on any atom is -0.301 e. The zero-order valence-corrected chi connectivity index (χ0v) is 9.75. The van der Waals surface area contributed by atoms with E-state index in [1.54, 1.807) is 0 Å². The summed E-state index contributed by atoms with van der Waals surface area (Å²) in [6.45, 7) is 12.9. The first kappa shape index (κ1) is 11.0. The SMILES string of the molecule is CC(C)C1CN(C(C)C)CCN1C. The fourth-order valence-corrected chi connectivity index (χ4v) is 2.11. The van der Waals surface area contributed by atoms with E-state index < -0.39 is 0 Å². The van der Waals surface area contributed by atoms with Gasteiger partial charge in [-0.2, -0.15) is 0 Å². The zero-order valence-electron chi connectivity index (χ0n) is 9.75. The van der Waals surface area contributed by atoms with Gasteiger partial charge in [0.25, 0.3) is 0 Å². The number of hydrogen-bond donors (Lipinski definition) is 0. The van der Waals surface area contributed by atoms with Crippen molar-refractivity contribution < 1.29 is 0 Å². The number of nitrogens with zero attached hydrogens (tertiary/aromatic N) is 2. The molecule has 1 saturated heterocycles. The fraction of sp³-hybridized carbons (Fsp3) is 1.00. The van der Waals surface area contributed by atoms with Gasteiger partial charge in [0.2, 0.25) is 0 Å². The molecule has 0 radical (unpaired) electrons. The zero-order chi connectivity index (χ0) is 10.0. The Morgan fingerprint density at radius 3 is 2.15 bits per heavy atom. The van der Waals surface area contributed by atoms with Gasteiger partial charge in [-0.05, 0) is 26.8 Å². The third-order valence-corrected chi connectivity index (χ3v) is 3.23. The summed E-state index contributed by atoms with van der Waals surface area (Å²) in [6, 6.07) is 1.45. The molecule has 78 valence electrons. The highest BCUT2D eigenvalue weighted by Crippen LogP contribution is 2.16. The first-order valence-electron chi connectivity index (χ1n) is 5.46. The van der Waals surface area contributed by atoms with Crippen LogP contribution in [0, 0.1) is 5.92 Å². The van der Waals surface area contributed by atoms with E-state index in [-0.39, 0.29) is 0 Å². The van der Waals surface area contributed by atoms with Crippen LogP contribution < -0.4 is 0 Å². The van der Waals surface area contributed by atoms with E-state index in [1.165, 1.54) is 19.6 Å². The molecule has 0 saturated carbocycles. The molecule has 1 atom stereocenters. The van der Waals surface area contributed by atoms with E-state index in [4.69, 9.17) is 0 Å². The summed E-state index contributed by atoms with van der Waals surface area (Å²) < 4.78 is 0. The maximum Gasteiger partial charge on any atom is 0.0243 e. The second-order valence-corrected chi connectivity index (χ2v) is 4.88. The normalized spacial score (nSPS) is 27.5. The van der Waals surface area contributed by atoms with Crippen molar-refractivity contribution in [3.05, 3.63) is 0 Å². The van der Waals surface area contributed by atoms with Crippen molar-refractivity contribution in [3.8, 4) is 0 Å². The molecule has 1 rings (SSSR count). The lowest BCUT2D eigenvalue weighted by molar-refractivity contribution is 0.0525. The lowest BCUT2D eigenvalue weighted by Crippen LogP contribution is -2.55. The molecule has 1 unspecified atom stereocenters. The molecule has 0 N–H and O–H groups in total. The molecule has 2 heteroatoms. The predicted octanol–water partition coefficient (Wildman–Crippen LogP) is 1.67. The highest BCUT2D eigenvalue weighted by Gasteiger charge is 2.27. The van der Waals surface area contributed by atoms with Gasteiger partial charge in [-0.15, -0.1) is 0 Å². The summed E-state index contributed by atoms with van der Waals surface area (Å²) in [5.41, 5.74) is 0. The summed E-state index contributed by atoms with van der Waals surface area (Å²) in [6.07, 6.45) is 0. The Balaban J connectivity index is 2.53. The maximum absolute atomic E-state index is 2.59. The van der Waals surface area contributed by atoms with Crippen molar-refractivity contribution in [2.24, 2.45) is 5.92 Å². The van der Waals surface area contributed by atoms with E-state index in [0.29, 0.717) is 6.04 Å². The standard InChI is InChI=1S/C11H24N2/c1-9(2)11-8-13(10(3)4)7-6-12(11)5/h9-11H,6-8H2,1-5H3. The first-order valence-corrected chi connectivity index (χ1v) is 5.46. The van der Waals surface area contributed by atoms with Crippen LogP contribution in [0.4, 0.5) is 0 Å². The van der Waals surface area contributed by atoms with Crippen LogP contribution in [0.1, 0.15) is 27.7 Å². The van der Waals surface area contributed by atoms with Crippen molar-refractivity contribution in [2.75, 3.05) is 26.7 Å².